The van der Waals surface area contributed by atoms with Gasteiger partial charge in [-0.1, -0.05) is 0 Å². The lowest BCUT2D eigenvalue weighted by Gasteiger charge is -2.32. The highest BCUT2D eigenvalue weighted by Crippen LogP contribution is 2.43. The normalized spacial score (nSPS) is 24.4. The fourth-order valence-corrected chi connectivity index (χ4v) is 5.85. The molecule has 3 aliphatic rings. The molecule has 1 aliphatic heterocycles. The Hall–Kier alpha value is -2.94. The lowest BCUT2D eigenvalue weighted by atomic mass is 9.81. The van der Waals surface area contributed by atoms with Crippen LogP contribution in [0.15, 0.2) is 34.0 Å². The molecule has 3 aromatic heterocycles. The number of hydrogen-bond acceptors (Lipinski definition) is 5. The van der Waals surface area contributed by atoms with E-state index in [0.29, 0.717) is 42.8 Å². The summed E-state index contributed by atoms with van der Waals surface area (Å²) in [6.07, 6.45) is 5.58. The van der Waals surface area contributed by atoms with Gasteiger partial charge in [0.1, 0.15) is 0 Å². The van der Waals surface area contributed by atoms with Crippen molar-refractivity contribution in [3.8, 4) is 0 Å². The molecule has 3 aromatic rings. The van der Waals surface area contributed by atoms with Crippen molar-refractivity contribution >= 4 is 5.65 Å². The van der Waals surface area contributed by atoms with Crippen LogP contribution < -0.4 is 11.1 Å². The Morgan fingerprint density at radius 1 is 1.03 bits per heavy atom. The Labute approximate surface area is 213 Å². The third kappa shape index (κ3) is 4.62. The van der Waals surface area contributed by atoms with Crippen LogP contribution >= 0.6 is 0 Å². The van der Waals surface area contributed by atoms with Gasteiger partial charge >= 0.3 is 0 Å². The summed E-state index contributed by atoms with van der Waals surface area (Å²) < 4.78 is 37.2. The molecule has 0 amide bonds. The van der Waals surface area contributed by atoms with Gasteiger partial charge in [0.2, 0.25) is 5.92 Å². The second-order valence-electron chi connectivity index (χ2n) is 11.0. The molecule has 6 rings (SSSR count). The lowest BCUT2D eigenvalue weighted by Crippen LogP contribution is -2.28. The monoisotopic (exact) mass is 510 g/mol. The topological polar surface area (TPSA) is 78.5 Å². The van der Waals surface area contributed by atoms with Gasteiger partial charge in [0.15, 0.2) is 5.65 Å². The van der Waals surface area contributed by atoms with Gasteiger partial charge in [-0.25, -0.2) is 13.8 Å². The number of alkyl halides is 2. The highest BCUT2D eigenvalue weighted by molar-refractivity contribution is 5.51. The summed E-state index contributed by atoms with van der Waals surface area (Å²) in [6, 6.07) is 5.74. The van der Waals surface area contributed by atoms with E-state index >= 15 is 0 Å². The quantitative estimate of drug-likeness (QED) is 0.486. The molecular formula is C28H32F2N4O3. The Morgan fingerprint density at radius 2 is 1.78 bits per heavy atom. The second-order valence-corrected chi connectivity index (χ2v) is 11.0. The summed E-state index contributed by atoms with van der Waals surface area (Å²) in [5.74, 6) is -2.70. The lowest BCUT2D eigenvalue weighted by molar-refractivity contribution is -0.0382. The van der Waals surface area contributed by atoms with Crippen molar-refractivity contribution in [1.82, 2.24) is 19.2 Å². The highest BCUT2D eigenvalue weighted by Gasteiger charge is 2.37. The molecule has 4 heterocycles. The summed E-state index contributed by atoms with van der Waals surface area (Å²) in [7, 11) is 0. The number of aromatic nitrogens is 4. The van der Waals surface area contributed by atoms with Crippen molar-refractivity contribution in [3.63, 3.8) is 0 Å². The van der Waals surface area contributed by atoms with Crippen molar-refractivity contribution in [1.29, 1.82) is 0 Å². The first-order valence-electron chi connectivity index (χ1n) is 13.3. The van der Waals surface area contributed by atoms with Gasteiger partial charge in [0.05, 0.1) is 11.8 Å². The number of ether oxygens (including phenoxy) is 1. The van der Waals surface area contributed by atoms with Gasteiger partial charge in [-0.05, 0) is 76.0 Å². The molecule has 0 spiro atoms. The van der Waals surface area contributed by atoms with E-state index in [1.54, 1.807) is 19.9 Å². The van der Waals surface area contributed by atoms with Crippen molar-refractivity contribution < 1.29 is 13.5 Å². The van der Waals surface area contributed by atoms with Crippen LogP contribution in [0.1, 0.15) is 103 Å². The Bertz CT molecular complexity index is 1470. The SMILES string of the molecule is Cc1nc2c(C3CCC(F)(F)CC3)cc(C3CCOC(c4ccc(=O)n(C5CC5)c4)C3)nn2c(=O)c1C. The summed E-state index contributed by atoms with van der Waals surface area (Å²) in [5, 5.41) is 4.77. The first-order valence-corrected chi connectivity index (χ1v) is 13.3. The van der Waals surface area contributed by atoms with Crippen LogP contribution in [0.25, 0.3) is 5.65 Å². The van der Waals surface area contributed by atoms with Crippen LogP contribution in [-0.2, 0) is 4.74 Å². The smallest absolute Gasteiger partial charge is 0.277 e. The minimum absolute atomic E-state index is 0.00930. The molecule has 0 bridgehead atoms. The molecule has 2 aliphatic carbocycles. The number of pyridine rings is 1. The highest BCUT2D eigenvalue weighted by atomic mass is 19.3. The molecule has 2 unspecified atom stereocenters. The van der Waals surface area contributed by atoms with E-state index in [4.69, 9.17) is 14.8 Å². The summed E-state index contributed by atoms with van der Waals surface area (Å²) in [5.41, 5.74) is 4.03. The van der Waals surface area contributed by atoms with Crippen molar-refractivity contribution in [2.24, 2.45) is 0 Å². The van der Waals surface area contributed by atoms with Crippen LogP contribution in [0, 0.1) is 13.8 Å². The van der Waals surface area contributed by atoms with Crippen LogP contribution in [0.4, 0.5) is 8.78 Å². The van der Waals surface area contributed by atoms with E-state index < -0.39 is 5.92 Å². The number of fused-ring (bicyclic) bond motifs is 1. The van der Waals surface area contributed by atoms with Crippen molar-refractivity contribution in [3.05, 3.63) is 73.2 Å². The largest absolute Gasteiger partial charge is 0.373 e. The Morgan fingerprint density at radius 3 is 2.51 bits per heavy atom. The minimum atomic E-state index is -2.64. The Kier molecular flexibility index (Phi) is 6.01. The molecule has 0 radical (unpaired) electrons. The second kappa shape index (κ2) is 9.11. The third-order valence-corrected chi connectivity index (χ3v) is 8.44. The molecule has 3 fully saturated rings. The number of hydrogen-bond donors (Lipinski definition) is 0. The summed E-state index contributed by atoms with van der Waals surface area (Å²) in [6.45, 7) is 4.07. The molecule has 7 nitrogen and oxygen atoms in total. The van der Waals surface area contributed by atoms with E-state index in [1.165, 1.54) is 4.52 Å². The average Bonchev–Trinajstić information content (AvgIpc) is 3.73. The maximum absolute atomic E-state index is 14.0. The zero-order valence-corrected chi connectivity index (χ0v) is 21.3. The number of nitrogens with zero attached hydrogens (tertiary/aromatic N) is 4. The van der Waals surface area contributed by atoms with Gasteiger partial charge in [0, 0.05) is 60.5 Å². The molecule has 196 valence electrons. The van der Waals surface area contributed by atoms with Crippen molar-refractivity contribution in [2.75, 3.05) is 6.61 Å². The molecule has 37 heavy (non-hydrogen) atoms. The van der Waals surface area contributed by atoms with Gasteiger partial charge in [0.25, 0.3) is 11.1 Å². The summed E-state index contributed by atoms with van der Waals surface area (Å²) >= 11 is 0. The minimum Gasteiger partial charge on any atom is -0.373 e. The van der Waals surface area contributed by atoms with E-state index in [1.807, 2.05) is 22.9 Å². The first kappa shape index (κ1) is 24.4. The predicted octanol–water partition coefficient (Wildman–Crippen LogP) is 5.13. The summed E-state index contributed by atoms with van der Waals surface area (Å²) in [4.78, 5) is 30.2. The zero-order valence-electron chi connectivity index (χ0n) is 21.3. The predicted molar refractivity (Wildman–Crippen MR) is 135 cm³/mol. The molecule has 1 saturated heterocycles. The standard InChI is InChI=1S/C28H32F2N4O3/c1-16-17(2)31-26-22(18-7-10-28(29,30)11-8-18)14-23(32-34(26)27(16)36)19-9-12-37-24(13-19)20-3-6-25(35)33(15-20)21-4-5-21/h3,6,14-15,18-19,21,24H,4-5,7-13H2,1-2H3. The van der Waals surface area contributed by atoms with Crippen LogP contribution in [0.3, 0.4) is 0 Å². The van der Waals surface area contributed by atoms with Gasteiger partial charge in [-0.15, -0.1) is 0 Å². The molecule has 2 atom stereocenters. The van der Waals surface area contributed by atoms with Crippen LogP contribution in [0.5, 0.6) is 0 Å². The molecule has 0 aromatic carbocycles. The maximum Gasteiger partial charge on any atom is 0.277 e. The fraction of sp³-hybridized carbons (Fsp3) is 0.571. The van der Waals surface area contributed by atoms with Gasteiger partial charge < -0.3 is 9.30 Å². The van der Waals surface area contributed by atoms with E-state index in [9.17, 15) is 18.4 Å². The number of halogens is 2. The van der Waals surface area contributed by atoms with Crippen LogP contribution in [0.2, 0.25) is 0 Å². The van der Waals surface area contributed by atoms with E-state index in [0.717, 1.165) is 36.1 Å². The third-order valence-electron chi connectivity index (χ3n) is 8.44. The first-order chi connectivity index (χ1) is 17.7. The maximum atomic E-state index is 14.0. The van der Waals surface area contributed by atoms with Crippen molar-refractivity contribution in [2.45, 2.75) is 95.1 Å². The molecule has 2 saturated carbocycles. The molecule has 0 N–H and O–H groups in total. The van der Waals surface area contributed by atoms with Crippen LogP contribution in [-0.4, -0.2) is 31.7 Å². The van der Waals surface area contributed by atoms with E-state index in [2.05, 4.69) is 0 Å². The zero-order chi connectivity index (χ0) is 25.9. The van der Waals surface area contributed by atoms with E-state index in [-0.39, 0.29) is 47.9 Å². The van der Waals surface area contributed by atoms with Gasteiger partial charge in [-0.2, -0.15) is 9.61 Å². The molecular weight excluding hydrogens is 478 g/mol. The average molecular weight is 511 g/mol. The van der Waals surface area contributed by atoms with Gasteiger partial charge in [-0.3, -0.25) is 9.59 Å². The number of aryl methyl sites for hydroxylation is 1. The molecule has 9 heteroatoms. The Balaban J connectivity index is 1.38. The number of rotatable bonds is 4. The fourth-order valence-electron chi connectivity index (χ4n) is 5.85.